The molecule has 1 aromatic rings. The van der Waals surface area contributed by atoms with Gasteiger partial charge in [0.25, 0.3) is 0 Å². The summed E-state index contributed by atoms with van der Waals surface area (Å²) in [4.78, 5) is 0. The molecule has 0 fully saturated rings. The van der Waals surface area contributed by atoms with Gasteiger partial charge in [-0.25, -0.2) is 4.39 Å². The van der Waals surface area contributed by atoms with Gasteiger partial charge in [-0.1, -0.05) is 26.3 Å². The first kappa shape index (κ1) is 14.0. The lowest BCUT2D eigenvalue weighted by molar-refractivity contribution is 0.110. The van der Waals surface area contributed by atoms with Gasteiger partial charge in [-0.2, -0.15) is 0 Å². The lowest BCUT2D eigenvalue weighted by atomic mass is 10.1. The second-order valence-electron chi connectivity index (χ2n) is 4.41. The van der Waals surface area contributed by atoms with E-state index < -0.39 is 0 Å². The fourth-order valence-corrected chi connectivity index (χ4v) is 1.73. The third kappa shape index (κ3) is 6.27. The minimum absolute atomic E-state index is 0.215. The Hall–Kier alpha value is -1.09. The van der Waals surface area contributed by atoms with Crippen molar-refractivity contribution in [1.29, 1.82) is 0 Å². The maximum absolute atomic E-state index is 12.9. The molecule has 0 saturated carbocycles. The van der Waals surface area contributed by atoms with Gasteiger partial charge in [-0.05, 0) is 30.5 Å². The number of hydrogen-bond donors (Lipinski definition) is 1. The fourth-order valence-electron chi connectivity index (χ4n) is 1.73. The van der Waals surface area contributed by atoms with Crippen LogP contribution >= 0.6 is 0 Å². The van der Waals surface area contributed by atoms with E-state index in [4.69, 9.17) is 4.74 Å². The maximum atomic E-state index is 12.9. The Morgan fingerprint density at radius 2 is 2.24 bits per heavy atom. The molecule has 0 amide bonds. The van der Waals surface area contributed by atoms with Gasteiger partial charge in [0.05, 0.1) is 6.61 Å². The van der Waals surface area contributed by atoms with Crippen LogP contribution in [-0.2, 0) is 4.74 Å². The summed E-state index contributed by atoms with van der Waals surface area (Å²) in [7, 11) is 0. The average Bonchev–Trinajstić information content (AvgIpc) is 2.29. The third-order valence-electron chi connectivity index (χ3n) is 2.58. The molecule has 0 heterocycles. The standard InChI is InChI=1S/C14H22FNO/c1-3-5-12(2)11-17-9-8-16-14-7-4-6-13(15)10-14/h4,6-7,10,12,16H,3,5,8-9,11H2,1-2H3. The number of rotatable bonds is 8. The fraction of sp³-hybridized carbons (Fsp3) is 0.571. The van der Waals surface area contributed by atoms with Gasteiger partial charge in [0.2, 0.25) is 0 Å². The van der Waals surface area contributed by atoms with E-state index in [0.717, 1.165) is 12.3 Å². The van der Waals surface area contributed by atoms with Crippen molar-refractivity contribution in [2.75, 3.05) is 25.1 Å². The van der Waals surface area contributed by atoms with E-state index in [9.17, 15) is 4.39 Å². The number of ether oxygens (including phenoxy) is 1. The van der Waals surface area contributed by atoms with E-state index in [1.54, 1.807) is 6.07 Å². The highest BCUT2D eigenvalue weighted by Gasteiger charge is 2.00. The molecule has 0 spiro atoms. The Kier molecular flexibility index (Phi) is 6.63. The normalized spacial score (nSPS) is 12.4. The Morgan fingerprint density at radius 3 is 2.94 bits per heavy atom. The molecule has 2 nitrogen and oxygen atoms in total. The number of halogens is 1. The Morgan fingerprint density at radius 1 is 1.41 bits per heavy atom. The number of nitrogens with one attached hydrogen (secondary N) is 1. The summed E-state index contributed by atoms with van der Waals surface area (Å²) in [6, 6.07) is 6.47. The summed E-state index contributed by atoms with van der Waals surface area (Å²) in [6.45, 7) is 6.55. The molecule has 0 aliphatic heterocycles. The zero-order valence-corrected chi connectivity index (χ0v) is 10.7. The first-order chi connectivity index (χ1) is 8.22. The molecule has 0 radical (unpaired) electrons. The lowest BCUT2D eigenvalue weighted by Crippen LogP contribution is -2.13. The highest BCUT2D eigenvalue weighted by atomic mass is 19.1. The highest BCUT2D eigenvalue weighted by Crippen LogP contribution is 2.08. The molecule has 0 aliphatic rings. The van der Waals surface area contributed by atoms with Crippen LogP contribution in [0.3, 0.4) is 0 Å². The second kappa shape index (κ2) is 8.07. The van der Waals surface area contributed by atoms with Gasteiger partial charge in [-0.15, -0.1) is 0 Å². The molecule has 3 heteroatoms. The summed E-state index contributed by atoms with van der Waals surface area (Å²) in [5.41, 5.74) is 0.801. The van der Waals surface area contributed by atoms with Crippen LogP contribution in [0.25, 0.3) is 0 Å². The molecule has 0 saturated heterocycles. The molecule has 1 aromatic carbocycles. The predicted octanol–water partition coefficient (Wildman–Crippen LogP) is 3.69. The van der Waals surface area contributed by atoms with Crippen LogP contribution in [0, 0.1) is 11.7 Å². The van der Waals surface area contributed by atoms with Crippen molar-refractivity contribution in [3.8, 4) is 0 Å². The smallest absolute Gasteiger partial charge is 0.125 e. The highest BCUT2D eigenvalue weighted by molar-refractivity contribution is 5.42. The van der Waals surface area contributed by atoms with Crippen molar-refractivity contribution in [3.63, 3.8) is 0 Å². The summed E-state index contributed by atoms with van der Waals surface area (Å²) in [5.74, 6) is 0.404. The molecule has 1 rings (SSSR count). The van der Waals surface area contributed by atoms with Crippen LogP contribution in [0.5, 0.6) is 0 Å². The van der Waals surface area contributed by atoms with Crippen LogP contribution < -0.4 is 5.32 Å². The van der Waals surface area contributed by atoms with E-state index >= 15 is 0 Å². The average molecular weight is 239 g/mol. The minimum atomic E-state index is -0.215. The zero-order chi connectivity index (χ0) is 12.5. The summed E-state index contributed by atoms with van der Waals surface area (Å²) in [5, 5.41) is 3.13. The van der Waals surface area contributed by atoms with Crippen molar-refractivity contribution >= 4 is 5.69 Å². The molecule has 0 aliphatic carbocycles. The van der Waals surface area contributed by atoms with Crippen molar-refractivity contribution in [2.24, 2.45) is 5.92 Å². The topological polar surface area (TPSA) is 21.3 Å². The maximum Gasteiger partial charge on any atom is 0.125 e. The van der Waals surface area contributed by atoms with Crippen LogP contribution in [0.15, 0.2) is 24.3 Å². The second-order valence-corrected chi connectivity index (χ2v) is 4.41. The number of benzene rings is 1. The Balaban J connectivity index is 2.08. The van der Waals surface area contributed by atoms with Gasteiger partial charge in [0.15, 0.2) is 0 Å². The van der Waals surface area contributed by atoms with Gasteiger partial charge < -0.3 is 10.1 Å². The first-order valence-corrected chi connectivity index (χ1v) is 6.29. The Bertz CT molecular complexity index is 317. The minimum Gasteiger partial charge on any atom is -0.383 e. The van der Waals surface area contributed by atoms with Gasteiger partial charge >= 0.3 is 0 Å². The van der Waals surface area contributed by atoms with E-state index in [0.29, 0.717) is 19.1 Å². The van der Waals surface area contributed by atoms with Crippen LogP contribution in [0.4, 0.5) is 10.1 Å². The van der Waals surface area contributed by atoms with Crippen LogP contribution in [0.1, 0.15) is 26.7 Å². The monoisotopic (exact) mass is 239 g/mol. The van der Waals surface area contributed by atoms with Crippen LogP contribution in [-0.4, -0.2) is 19.8 Å². The predicted molar refractivity (Wildman–Crippen MR) is 69.8 cm³/mol. The molecule has 96 valence electrons. The van der Waals surface area contributed by atoms with E-state index in [-0.39, 0.29) is 5.82 Å². The van der Waals surface area contributed by atoms with Crippen molar-refractivity contribution < 1.29 is 9.13 Å². The molecule has 0 aromatic heterocycles. The van der Waals surface area contributed by atoms with Gasteiger partial charge in [0, 0.05) is 18.8 Å². The van der Waals surface area contributed by atoms with Crippen molar-refractivity contribution in [2.45, 2.75) is 26.7 Å². The molecule has 1 N–H and O–H groups in total. The molecular formula is C14H22FNO. The van der Waals surface area contributed by atoms with E-state index in [2.05, 4.69) is 19.2 Å². The largest absolute Gasteiger partial charge is 0.383 e. The zero-order valence-electron chi connectivity index (χ0n) is 10.7. The van der Waals surface area contributed by atoms with Crippen LogP contribution in [0.2, 0.25) is 0 Å². The quantitative estimate of drug-likeness (QED) is 0.698. The SMILES string of the molecule is CCCC(C)COCCNc1cccc(F)c1. The molecule has 1 atom stereocenters. The number of hydrogen-bond acceptors (Lipinski definition) is 2. The van der Waals surface area contributed by atoms with Gasteiger partial charge in [-0.3, -0.25) is 0 Å². The molecule has 1 unspecified atom stereocenters. The van der Waals surface area contributed by atoms with Gasteiger partial charge in [0.1, 0.15) is 5.82 Å². The Labute approximate surface area is 103 Å². The first-order valence-electron chi connectivity index (χ1n) is 6.29. The van der Waals surface area contributed by atoms with E-state index in [1.807, 2.05) is 6.07 Å². The molecular weight excluding hydrogens is 217 g/mol. The van der Waals surface area contributed by atoms with E-state index in [1.165, 1.54) is 25.0 Å². The summed E-state index contributed by atoms with van der Waals surface area (Å²) in [6.07, 6.45) is 2.41. The summed E-state index contributed by atoms with van der Waals surface area (Å²) < 4.78 is 18.4. The lowest BCUT2D eigenvalue weighted by Gasteiger charge is -2.11. The number of anilines is 1. The third-order valence-corrected chi connectivity index (χ3v) is 2.58. The molecule has 0 bridgehead atoms. The molecule has 17 heavy (non-hydrogen) atoms. The summed E-state index contributed by atoms with van der Waals surface area (Å²) >= 11 is 0. The van der Waals surface area contributed by atoms with Crippen molar-refractivity contribution in [1.82, 2.24) is 0 Å². The van der Waals surface area contributed by atoms with Crippen molar-refractivity contribution in [3.05, 3.63) is 30.1 Å².